The molecule has 12 rings (SSSR count). The third-order valence-electron chi connectivity index (χ3n) is 11.9. The van der Waals surface area contributed by atoms with Gasteiger partial charge in [-0.05, 0) is 81.1 Å². The second-order valence-corrected chi connectivity index (χ2v) is 15.5. The summed E-state index contributed by atoms with van der Waals surface area (Å²) in [6.45, 7) is 0. The number of aromatic nitrogens is 3. The summed E-state index contributed by atoms with van der Waals surface area (Å²) in [5.41, 5.74) is 12.1. The molecule has 0 fully saturated rings. The van der Waals surface area contributed by atoms with Gasteiger partial charge in [0.25, 0.3) is 0 Å². The number of nitrogens with zero attached hydrogens (tertiary/aromatic N) is 3. The molecule has 8 aromatic carbocycles. The highest BCUT2D eigenvalue weighted by molar-refractivity contribution is 6.17. The molecule has 1 aliphatic heterocycles. The highest BCUT2D eigenvalue weighted by Crippen LogP contribution is 2.46. The van der Waals surface area contributed by atoms with Crippen LogP contribution in [0.2, 0.25) is 0 Å². The van der Waals surface area contributed by atoms with Crippen LogP contribution < -0.4 is 4.74 Å². The number of benzene rings is 8. The van der Waals surface area contributed by atoms with E-state index in [1.807, 2.05) is 30.3 Å². The van der Waals surface area contributed by atoms with Crippen molar-refractivity contribution >= 4 is 38.3 Å². The molecule has 0 saturated heterocycles. The molecule has 282 valence electrons. The van der Waals surface area contributed by atoms with Crippen LogP contribution in [-0.2, 0) is 0 Å². The Morgan fingerprint density at radius 1 is 0.450 bits per heavy atom. The number of furan rings is 1. The largest absolute Gasteiger partial charge is 0.485 e. The van der Waals surface area contributed by atoms with Gasteiger partial charge in [0, 0.05) is 44.5 Å². The van der Waals surface area contributed by atoms with Crippen LogP contribution in [0.25, 0.3) is 94.4 Å². The van der Waals surface area contributed by atoms with Crippen LogP contribution in [0.1, 0.15) is 17.3 Å². The molecule has 0 amide bonds. The Morgan fingerprint density at radius 2 is 1.08 bits per heavy atom. The van der Waals surface area contributed by atoms with Gasteiger partial charge in [-0.1, -0.05) is 158 Å². The lowest BCUT2D eigenvalue weighted by molar-refractivity contribution is 0.269. The van der Waals surface area contributed by atoms with E-state index in [1.54, 1.807) is 0 Å². The zero-order chi connectivity index (χ0) is 39.6. The molecule has 3 heterocycles. The number of hydrogen-bond acceptors (Lipinski definition) is 5. The Bertz CT molecular complexity index is 3350. The average Bonchev–Trinajstić information content (AvgIpc) is 3.90. The quantitative estimate of drug-likeness (QED) is 0.169. The SMILES string of the molecule is C1=CC2c3ccccc3OC2C=C1c1nc(-c2ccc(-c3ccccc3)cc2)nc(-c2ccc(-c3cc(-c4ccccc4)cc4ccccc34)c3oc4ccccc4c23)n1. The van der Waals surface area contributed by atoms with E-state index < -0.39 is 0 Å². The lowest BCUT2D eigenvalue weighted by Crippen LogP contribution is -2.18. The number of rotatable bonds is 6. The zero-order valence-electron chi connectivity index (χ0n) is 32.4. The van der Waals surface area contributed by atoms with Crippen molar-refractivity contribution in [2.45, 2.75) is 12.0 Å². The summed E-state index contributed by atoms with van der Waals surface area (Å²) in [6, 6.07) is 63.4. The summed E-state index contributed by atoms with van der Waals surface area (Å²) in [5, 5.41) is 4.28. The minimum absolute atomic E-state index is 0.136. The zero-order valence-corrected chi connectivity index (χ0v) is 32.4. The minimum atomic E-state index is -0.151. The maximum atomic E-state index is 6.88. The van der Waals surface area contributed by atoms with E-state index in [0.29, 0.717) is 17.5 Å². The Hall–Kier alpha value is -7.89. The number of allylic oxidation sites excluding steroid dienone is 2. The summed E-state index contributed by atoms with van der Waals surface area (Å²) >= 11 is 0. The van der Waals surface area contributed by atoms with Gasteiger partial charge in [0.15, 0.2) is 17.5 Å². The van der Waals surface area contributed by atoms with Gasteiger partial charge in [0.05, 0.1) is 0 Å². The van der Waals surface area contributed by atoms with E-state index in [9.17, 15) is 0 Å². The van der Waals surface area contributed by atoms with Crippen molar-refractivity contribution in [3.05, 3.63) is 212 Å². The van der Waals surface area contributed by atoms with Crippen molar-refractivity contribution in [3.8, 4) is 61.9 Å². The van der Waals surface area contributed by atoms with Crippen LogP contribution in [0.15, 0.2) is 205 Å². The summed E-state index contributed by atoms with van der Waals surface area (Å²) in [4.78, 5) is 15.7. The predicted molar refractivity (Wildman–Crippen MR) is 243 cm³/mol. The van der Waals surface area contributed by atoms with Gasteiger partial charge in [0.1, 0.15) is 23.0 Å². The molecule has 5 nitrogen and oxygen atoms in total. The Labute approximate surface area is 346 Å². The summed E-state index contributed by atoms with van der Waals surface area (Å²) in [6.07, 6.45) is 6.35. The lowest BCUT2D eigenvalue weighted by Gasteiger charge is -2.18. The van der Waals surface area contributed by atoms with E-state index >= 15 is 0 Å². The normalized spacial score (nSPS) is 15.5. The molecule has 5 heteroatoms. The first-order valence-corrected chi connectivity index (χ1v) is 20.3. The number of hydrogen-bond donors (Lipinski definition) is 0. The van der Waals surface area contributed by atoms with Crippen molar-refractivity contribution in [2.24, 2.45) is 0 Å². The Morgan fingerprint density at radius 3 is 1.92 bits per heavy atom. The average molecular weight is 770 g/mol. The van der Waals surface area contributed by atoms with Crippen molar-refractivity contribution in [1.29, 1.82) is 0 Å². The molecule has 0 N–H and O–H groups in total. The molecule has 0 bridgehead atoms. The van der Waals surface area contributed by atoms with Gasteiger partial charge in [-0.3, -0.25) is 0 Å². The van der Waals surface area contributed by atoms with Crippen molar-refractivity contribution in [2.75, 3.05) is 0 Å². The number of para-hydroxylation sites is 2. The van der Waals surface area contributed by atoms with Crippen LogP contribution in [0, 0.1) is 0 Å². The van der Waals surface area contributed by atoms with Gasteiger partial charge in [-0.15, -0.1) is 0 Å². The molecular weight excluding hydrogens is 735 g/mol. The molecule has 10 aromatic rings. The highest BCUT2D eigenvalue weighted by Gasteiger charge is 2.34. The fourth-order valence-electron chi connectivity index (χ4n) is 8.95. The maximum Gasteiger partial charge on any atom is 0.164 e. The topological polar surface area (TPSA) is 61.0 Å². The second kappa shape index (κ2) is 13.9. The fraction of sp³-hybridized carbons (Fsp3) is 0.0364. The van der Waals surface area contributed by atoms with Crippen LogP contribution >= 0.6 is 0 Å². The minimum Gasteiger partial charge on any atom is -0.485 e. The predicted octanol–water partition coefficient (Wildman–Crippen LogP) is 13.8. The van der Waals surface area contributed by atoms with Gasteiger partial charge < -0.3 is 9.15 Å². The van der Waals surface area contributed by atoms with Crippen molar-refractivity contribution < 1.29 is 9.15 Å². The van der Waals surface area contributed by atoms with E-state index in [0.717, 1.165) is 88.5 Å². The molecule has 0 spiro atoms. The Balaban J connectivity index is 1.06. The second-order valence-electron chi connectivity index (χ2n) is 15.5. The number of ether oxygens (including phenoxy) is 1. The summed E-state index contributed by atoms with van der Waals surface area (Å²) < 4.78 is 13.3. The van der Waals surface area contributed by atoms with Gasteiger partial charge >= 0.3 is 0 Å². The van der Waals surface area contributed by atoms with Gasteiger partial charge in [0.2, 0.25) is 0 Å². The molecule has 60 heavy (non-hydrogen) atoms. The van der Waals surface area contributed by atoms with Crippen molar-refractivity contribution in [1.82, 2.24) is 15.0 Å². The first kappa shape index (κ1) is 34.2. The van der Waals surface area contributed by atoms with Crippen LogP contribution in [0.3, 0.4) is 0 Å². The standard InChI is InChI=1S/C55H35N3O2/c1-3-13-34(14-4-1)36-23-25-37(26-24-36)53-56-54(39-27-28-43-42-19-9-11-21-48(42)59-50(43)33-39)58-55(57-53)46-30-29-44(52-51(46)45-20-10-12-22-49(45)60-52)47-32-40(35-15-5-2-6-16-35)31-38-17-7-8-18-41(38)47/h1-33,43,50H. The molecule has 0 saturated carbocycles. The Kier molecular flexibility index (Phi) is 7.91. The van der Waals surface area contributed by atoms with Crippen LogP contribution in [-0.4, -0.2) is 21.1 Å². The highest BCUT2D eigenvalue weighted by atomic mass is 16.5. The lowest BCUT2D eigenvalue weighted by atomic mass is 9.89. The van der Waals surface area contributed by atoms with E-state index in [2.05, 4.69) is 170 Å². The van der Waals surface area contributed by atoms with E-state index in [1.165, 1.54) is 5.56 Å². The molecule has 1 aliphatic carbocycles. The van der Waals surface area contributed by atoms with Gasteiger partial charge in [-0.25, -0.2) is 15.0 Å². The van der Waals surface area contributed by atoms with Gasteiger partial charge in [-0.2, -0.15) is 0 Å². The van der Waals surface area contributed by atoms with E-state index in [4.69, 9.17) is 24.1 Å². The fourth-order valence-corrected chi connectivity index (χ4v) is 8.95. The van der Waals surface area contributed by atoms with Crippen LogP contribution in [0.4, 0.5) is 0 Å². The first-order valence-electron chi connectivity index (χ1n) is 20.3. The number of fused-ring (bicyclic) bond motifs is 7. The summed E-state index contributed by atoms with van der Waals surface area (Å²) in [5.74, 6) is 2.80. The van der Waals surface area contributed by atoms with E-state index in [-0.39, 0.29) is 12.0 Å². The molecule has 2 aliphatic rings. The smallest absolute Gasteiger partial charge is 0.164 e. The third-order valence-corrected chi connectivity index (χ3v) is 11.9. The molecule has 2 aromatic heterocycles. The molecule has 0 radical (unpaired) electrons. The van der Waals surface area contributed by atoms with Crippen LogP contribution in [0.5, 0.6) is 5.75 Å². The van der Waals surface area contributed by atoms with Crippen molar-refractivity contribution in [3.63, 3.8) is 0 Å². The monoisotopic (exact) mass is 769 g/mol. The third kappa shape index (κ3) is 5.74. The summed E-state index contributed by atoms with van der Waals surface area (Å²) in [7, 11) is 0. The molecular formula is C55H35N3O2. The molecule has 2 unspecified atom stereocenters. The first-order chi connectivity index (χ1) is 29.7. The molecule has 2 atom stereocenters. The maximum absolute atomic E-state index is 6.88.